The van der Waals surface area contributed by atoms with Gasteiger partial charge in [0.1, 0.15) is 0 Å². The van der Waals surface area contributed by atoms with Gasteiger partial charge in [0.25, 0.3) is 5.91 Å². The van der Waals surface area contributed by atoms with Gasteiger partial charge in [0.15, 0.2) is 11.0 Å². The molecule has 0 saturated heterocycles. The van der Waals surface area contributed by atoms with Crippen LogP contribution in [0, 0.1) is 6.92 Å². The molecule has 6 nitrogen and oxygen atoms in total. The number of thiophene rings is 1. The number of halogens is 1. The van der Waals surface area contributed by atoms with E-state index < -0.39 is 0 Å². The standard InChI is InChI=1S/C23H20ClN5OS2/c1-15-5-7-17(8-6-15)22-27-28-23(29(22)19-11-9-18(24)10-12-19)32-14-21(30)26-25-16(2)20-4-3-13-31-20/h3-13H,14H2,1-2H3,(H,26,30)/b25-16+. The van der Waals surface area contributed by atoms with Crippen LogP contribution in [0.2, 0.25) is 5.02 Å². The van der Waals surface area contributed by atoms with E-state index in [1.807, 2.05) is 84.5 Å². The molecule has 0 atom stereocenters. The third-order valence-corrected chi connectivity index (χ3v) is 6.75. The second-order valence-electron chi connectivity index (χ2n) is 6.98. The molecule has 0 saturated carbocycles. The fraction of sp³-hybridized carbons (Fsp3) is 0.130. The molecular weight excluding hydrogens is 462 g/mol. The molecule has 0 radical (unpaired) electrons. The Morgan fingerprint density at radius 2 is 1.88 bits per heavy atom. The van der Waals surface area contributed by atoms with Crippen molar-refractivity contribution in [2.24, 2.45) is 5.10 Å². The predicted molar refractivity (Wildman–Crippen MR) is 132 cm³/mol. The summed E-state index contributed by atoms with van der Waals surface area (Å²) in [5.74, 6) is 0.635. The first-order valence-electron chi connectivity index (χ1n) is 9.79. The van der Waals surface area contributed by atoms with Crippen molar-refractivity contribution in [3.63, 3.8) is 0 Å². The number of hydrogen-bond donors (Lipinski definition) is 1. The lowest BCUT2D eigenvalue weighted by atomic mass is 10.1. The van der Waals surface area contributed by atoms with Gasteiger partial charge in [-0.05, 0) is 49.6 Å². The van der Waals surface area contributed by atoms with E-state index in [1.54, 1.807) is 11.3 Å². The van der Waals surface area contributed by atoms with Crippen molar-refractivity contribution in [1.82, 2.24) is 20.2 Å². The number of rotatable bonds is 7. The molecule has 0 aliphatic carbocycles. The van der Waals surface area contributed by atoms with E-state index >= 15 is 0 Å². The maximum absolute atomic E-state index is 12.4. The van der Waals surface area contributed by atoms with Crippen LogP contribution in [0.25, 0.3) is 17.1 Å². The van der Waals surface area contributed by atoms with Crippen LogP contribution >= 0.6 is 34.7 Å². The predicted octanol–water partition coefficient (Wildman–Crippen LogP) is 5.59. The maximum atomic E-state index is 12.4. The van der Waals surface area contributed by atoms with Crippen molar-refractivity contribution in [2.75, 3.05) is 5.75 Å². The topological polar surface area (TPSA) is 72.2 Å². The molecule has 0 unspecified atom stereocenters. The van der Waals surface area contributed by atoms with Gasteiger partial charge in [-0.25, -0.2) is 5.43 Å². The van der Waals surface area contributed by atoms with E-state index in [0.717, 1.165) is 27.4 Å². The molecule has 2 aromatic carbocycles. The van der Waals surface area contributed by atoms with Gasteiger partial charge >= 0.3 is 0 Å². The van der Waals surface area contributed by atoms with Crippen LogP contribution in [0.1, 0.15) is 17.4 Å². The summed E-state index contributed by atoms with van der Waals surface area (Å²) >= 11 is 8.95. The van der Waals surface area contributed by atoms with Crippen molar-refractivity contribution in [3.05, 3.63) is 81.5 Å². The highest BCUT2D eigenvalue weighted by Gasteiger charge is 2.17. The molecule has 0 spiro atoms. The molecule has 0 bridgehead atoms. The third-order valence-electron chi connectivity index (χ3n) is 4.59. The highest BCUT2D eigenvalue weighted by Crippen LogP contribution is 2.28. The average Bonchev–Trinajstić information content (AvgIpc) is 3.48. The first-order chi connectivity index (χ1) is 15.5. The zero-order valence-electron chi connectivity index (χ0n) is 17.4. The van der Waals surface area contributed by atoms with Crippen LogP contribution in [-0.2, 0) is 4.79 Å². The molecule has 4 rings (SSSR count). The molecule has 32 heavy (non-hydrogen) atoms. The Labute approximate surface area is 199 Å². The van der Waals surface area contributed by atoms with E-state index in [9.17, 15) is 4.79 Å². The molecule has 2 aromatic heterocycles. The van der Waals surface area contributed by atoms with Gasteiger partial charge in [-0.1, -0.05) is 59.3 Å². The number of thioether (sulfide) groups is 1. The van der Waals surface area contributed by atoms with Gasteiger partial charge < -0.3 is 0 Å². The van der Waals surface area contributed by atoms with Crippen molar-refractivity contribution in [1.29, 1.82) is 0 Å². The van der Waals surface area contributed by atoms with Crippen molar-refractivity contribution in [3.8, 4) is 17.1 Å². The Morgan fingerprint density at radius 3 is 2.56 bits per heavy atom. The Balaban J connectivity index is 1.55. The van der Waals surface area contributed by atoms with Gasteiger partial charge in [-0.3, -0.25) is 9.36 Å². The lowest BCUT2D eigenvalue weighted by Gasteiger charge is -2.10. The van der Waals surface area contributed by atoms with E-state index in [2.05, 4.69) is 20.7 Å². The number of nitrogens with one attached hydrogen (secondary N) is 1. The molecule has 1 amide bonds. The van der Waals surface area contributed by atoms with Crippen molar-refractivity contribution < 1.29 is 4.79 Å². The number of hydrogen-bond acceptors (Lipinski definition) is 6. The summed E-state index contributed by atoms with van der Waals surface area (Å²) < 4.78 is 1.93. The fourth-order valence-corrected chi connectivity index (χ4v) is 4.47. The molecule has 4 aromatic rings. The first kappa shape index (κ1) is 22.3. The Kier molecular flexibility index (Phi) is 7.04. The number of aryl methyl sites for hydroxylation is 1. The Bertz CT molecular complexity index is 1230. The van der Waals surface area contributed by atoms with E-state index in [-0.39, 0.29) is 11.7 Å². The minimum atomic E-state index is -0.214. The zero-order valence-corrected chi connectivity index (χ0v) is 19.8. The summed E-state index contributed by atoms with van der Waals surface area (Å²) in [6.45, 7) is 3.90. The molecule has 9 heteroatoms. The Hall–Kier alpha value is -2.94. The minimum Gasteiger partial charge on any atom is -0.272 e. The third kappa shape index (κ3) is 5.27. The zero-order chi connectivity index (χ0) is 22.5. The number of carbonyl (C=O) groups excluding carboxylic acids is 1. The van der Waals surface area contributed by atoms with Gasteiger partial charge in [-0.2, -0.15) is 5.10 Å². The minimum absolute atomic E-state index is 0.154. The molecular formula is C23H20ClN5OS2. The normalized spacial score (nSPS) is 11.5. The number of amides is 1. The van der Waals surface area contributed by atoms with Gasteiger partial charge in [0.2, 0.25) is 0 Å². The summed E-state index contributed by atoms with van der Waals surface area (Å²) in [6, 6.07) is 19.4. The molecule has 1 N–H and O–H groups in total. The number of nitrogens with zero attached hydrogens (tertiary/aromatic N) is 4. The van der Waals surface area contributed by atoms with E-state index in [0.29, 0.717) is 16.0 Å². The molecule has 0 aliphatic heterocycles. The van der Waals surface area contributed by atoms with Crippen LogP contribution in [-0.4, -0.2) is 32.1 Å². The van der Waals surface area contributed by atoms with E-state index in [1.165, 1.54) is 11.8 Å². The lowest BCUT2D eigenvalue weighted by molar-refractivity contribution is -0.118. The smallest absolute Gasteiger partial charge is 0.250 e. The summed E-state index contributed by atoms with van der Waals surface area (Å²) in [6.07, 6.45) is 0. The summed E-state index contributed by atoms with van der Waals surface area (Å²) in [5.41, 5.74) is 6.34. The molecule has 162 valence electrons. The average molecular weight is 482 g/mol. The lowest BCUT2D eigenvalue weighted by Crippen LogP contribution is -2.21. The van der Waals surface area contributed by atoms with Gasteiger partial charge in [0, 0.05) is 21.2 Å². The van der Waals surface area contributed by atoms with Crippen LogP contribution in [0.3, 0.4) is 0 Å². The number of carbonyl (C=O) groups is 1. The number of aromatic nitrogens is 3. The summed E-state index contributed by atoms with van der Waals surface area (Å²) in [5, 5.41) is 16.2. The molecule has 2 heterocycles. The largest absolute Gasteiger partial charge is 0.272 e. The summed E-state index contributed by atoms with van der Waals surface area (Å²) in [4.78, 5) is 13.4. The van der Waals surface area contributed by atoms with Crippen LogP contribution in [0.15, 0.2) is 76.3 Å². The van der Waals surface area contributed by atoms with Gasteiger partial charge in [0.05, 0.1) is 11.5 Å². The first-order valence-corrected chi connectivity index (χ1v) is 12.0. The summed E-state index contributed by atoms with van der Waals surface area (Å²) in [7, 11) is 0. The monoisotopic (exact) mass is 481 g/mol. The SMILES string of the molecule is C/C(=N\NC(=O)CSc1nnc(-c2ccc(C)cc2)n1-c1ccc(Cl)cc1)c1cccs1. The number of hydrazone groups is 1. The van der Waals surface area contributed by atoms with Crippen molar-refractivity contribution >= 4 is 46.3 Å². The highest BCUT2D eigenvalue weighted by molar-refractivity contribution is 7.99. The van der Waals surface area contributed by atoms with Crippen LogP contribution in [0.4, 0.5) is 0 Å². The van der Waals surface area contributed by atoms with Crippen molar-refractivity contribution in [2.45, 2.75) is 19.0 Å². The Morgan fingerprint density at radius 1 is 1.12 bits per heavy atom. The number of benzene rings is 2. The quantitative estimate of drug-likeness (QED) is 0.212. The molecule has 0 aliphatic rings. The maximum Gasteiger partial charge on any atom is 0.250 e. The van der Waals surface area contributed by atoms with Gasteiger partial charge in [-0.15, -0.1) is 21.5 Å². The second kappa shape index (κ2) is 10.1. The van der Waals surface area contributed by atoms with Crippen LogP contribution in [0.5, 0.6) is 0 Å². The fourth-order valence-electron chi connectivity index (χ4n) is 2.92. The van der Waals surface area contributed by atoms with E-state index in [4.69, 9.17) is 11.6 Å². The van der Waals surface area contributed by atoms with Crippen LogP contribution < -0.4 is 5.43 Å². The second-order valence-corrected chi connectivity index (χ2v) is 9.31. The molecule has 0 fully saturated rings. The highest BCUT2D eigenvalue weighted by atomic mass is 35.5.